The van der Waals surface area contributed by atoms with Crippen molar-refractivity contribution in [3.63, 3.8) is 0 Å². The van der Waals surface area contributed by atoms with Gasteiger partial charge in [0.15, 0.2) is 5.78 Å². The fourth-order valence-corrected chi connectivity index (χ4v) is 2.58. The molecule has 7 heteroatoms. The molecule has 0 aromatic carbocycles. The van der Waals surface area contributed by atoms with Gasteiger partial charge < -0.3 is 15.2 Å². The first-order valence-electron chi connectivity index (χ1n) is 6.27. The molecule has 1 amide bonds. The second kappa shape index (κ2) is 4.70. The highest BCUT2D eigenvalue weighted by Crippen LogP contribution is 2.41. The summed E-state index contributed by atoms with van der Waals surface area (Å²) < 4.78 is 31.2. The Kier molecular flexibility index (Phi) is 3.51. The SMILES string of the molecule is C[C@]1(C(=O)[C@H](C[C@@H]2CCC(F)(F)C2)NC(=O)O)CO1. The van der Waals surface area contributed by atoms with Crippen molar-refractivity contribution >= 4 is 11.9 Å². The normalized spacial score (nSPS) is 33.7. The molecule has 19 heavy (non-hydrogen) atoms. The number of carboxylic acid groups (broad SMARTS) is 1. The third-order valence-electron chi connectivity index (χ3n) is 3.79. The van der Waals surface area contributed by atoms with Gasteiger partial charge in [-0.1, -0.05) is 0 Å². The van der Waals surface area contributed by atoms with E-state index in [1.165, 1.54) is 0 Å². The Hall–Kier alpha value is -1.24. The number of amides is 1. The van der Waals surface area contributed by atoms with Gasteiger partial charge in [0.05, 0.1) is 12.6 Å². The predicted molar refractivity (Wildman–Crippen MR) is 61.2 cm³/mol. The van der Waals surface area contributed by atoms with Crippen LogP contribution in [0.1, 0.15) is 32.6 Å². The highest BCUT2D eigenvalue weighted by molar-refractivity contribution is 5.95. The second-order valence-electron chi connectivity index (χ2n) is 5.59. The molecule has 1 heterocycles. The second-order valence-corrected chi connectivity index (χ2v) is 5.59. The van der Waals surface area contributed by atoms with Gasteiger partial charge >= 0.3 is 6.09 Å². The number of alkyl halides is 2. The molecule has 1 aliphatic carbocycles. The van der Waals surface area contributed by atoms with Crippen LogP contribution in [0.4, 0.5) is 13.6 Å². The number of carbonyl (C=O) groups excluding carboxylic acids is 1. The maximum Gasteiger partial charge on any atom is 0.405 e. The van der Waals surface area contributed by atoms with E-state index in [0.29, 0.717) is 6.42 Å². The summed E-state index contributed by atoms with van der Waals surface area (Å²) in [4.78, 5) is 22.8. The molecule has 2 rings (SSSR count). The lowest BCUT2D eigenvalue weighted by Gasteiger charge is -2.21. The molecule has 1 saturated heterocycles. The van der Waals surface area contributed by atoms with Crippen LogP contribution in [0.25, 0.3) is 0 Å². The monoisotopic (exact) mass is 277 g/mol. The van der Waals surface area contributed by atoms with Crippen LogP contribution in [0, 0.1) is 5.92 Å². The molecular weight excluding hydrogens is 260 g/mol. The van der Waals surface area contributed by atoms with Crippen molar-refractivity contribution in [3.8, 4) is 0 Å². The Labute approximate surface area is 109 Å². The first-order valence-corrected chi connectivity index (χ1v) is 6.27. The van der Waals surface area contributed by atoms with Crippen LogP contribution in [0.15, 0.2) is 0 Å². The van der Waals surface area contributed by atoms with E-state index >= 15 is 0 Å². The Morgan fingerprint density at radius 1 is 1.53 bits per heavy atom. The van der Waals surface area contributed by atoms with Gasteiger partial charge in [-0.2, -0.15) is 0 Å². The summed E-state index contributed by atoms with van der Waals surface area (Å²) in [5.74, 6) is -3.40. The van der Waals surface area contributed by atoms with Gasteiger partial charge in [-0.15, -0.1) is 0 Å². The Morgan fingerprint density at radius 2 is 2.16 bits per heavy atom. The lowest BCUT2D eigenvalue weighted by atomic mass is 9.91. The third-order valence-corrected chi connectivity index (χ3v) is 3.79. The van der Waals surface area contributed by atoms with E-state index < -0.39 is 23.7 Å². The largest absolute Gasteiger partial charge is 0.465 e. The average Bonchev–Trinajstić information content (AvgIpc) is 2.94. The summed E-state index contributed by atoms with van der Waals surface area (Å²) in [5.41, 5.74) is -0.950. The van der Waals surface area contributed by atoms with Crippen molar-refractivity contribution in [1.82, 2.24) is 5.32 Å². The fourth-order valence-electron chi connectivity index (χ4n) is 2.58. The molecule has 2 N–H and O–H groups in total. The van der Waals surface area contributed by atoms with Crippen LogP contribution in [-0.2, 0) is 9.53 Å². The van der Waals surface area contributed by atoms with Crippen LogP contribution in [-0.4, -0.2) is 41.2 Å². The van der Waals surface area contributed by atoms with Crippen molar-refractivity contribution in [2.45, 2.75) is 50.2 Å². The van der Waals surface area contributed by atoms with Crippen molar-refractivity contribution in [2.75, 3.05) is 6.61 Å². The molecule has 3 atom stereocenters. The number of ketones is 1. The minimum absolute atomic E-state index is 0.111. The van der Waals surface area contributed by atoms with Gasteiger partial charge in [0.2, 0.25) is 5.92 Å². The smallest absolute Gasteiger partial charge is 0.405 e. The number of Topliss-reactive ketones (excluding diaryl/α,β-unsaturated/α-hetero) is 1. The number of carbonyl (C=O) groups is 2. The van der Waals surface area contributed by atoms with E-state index in [-0.39, 0.29) is 37.6 Å². The zero-order valence-electron chi connectivity index (χ0n) is 10.6. The molecular formula is C12H17F2NO4. The Balaban J connectivity index is 1.98. The maximum absolute atomic E-state index is 13.1. The molecule has 108 valence electrons. The zero-order chi connectivity index (χ0) is 14.3. The molecule has 1 saturated carbocycles. The zero-order valence-corrected chi connectivity index (χ0v) is 10.6. The lowest BCUT2D eigenvalue weighted by Crippen LogP contribution is -2.46. The van der Waals surface area contributed by atoms with E-state index in [4.69, 9.17) is 9.84 Å². The average molecular weight is 277 g/mol. The number of nitrogens with one attached hydrogen (secondary N) is 1. The molecule has 0 aromatic heterocycles. The van der Waals surface area contributed by atoms with Crippen molar-refractivity contribution in [1.29, 1.82) is 0 Å². The molecule has 5 nitrogen and oxygen atoms in total. The van der Waals surface area contributed by atoms with E-state index in [0.717, 1.165) is 0 Å². The fraction of sp³-hybridized carbons (Fsp3) is 0.833. The van der Waals surface area contributed by atoms with E-state index in [2.05, 4.69) is 5.32 Å². The molecule has 0 spiro atoms. The summed E-state index contributed by atoms with van der Waals surface area (Å²) in [7, 11) is 0. The van der Waals surface area contributed by atoms with Crippen LogP contribution >= 0.6 is 0 Å². The molecule has 1 aliphatic heterocycles. The number of halogens is 2. The highest BCUT2D eigenvalue weighted by Gasteiger charge is 2.51. The van der Waals surface area contributed by atoms with Crippen LogP contribution in [0.5, 0.6) is 0 Å². The molecule has 2 fully saturated rings. The molecule has 0 aromatic rings. The highest BCUT2D eigenvalue weighted by atomic mass is 19.3. The van der Waals surface area contributed by atoms with Crippen molar-refractivity contribution in [2.24, 2.45) is 5.92 Å². The van der Waals surface area contributed by atoms with Crippen LogP contribution < -0.4 is 5.32 Å². The molecule has 0 unspecified atom stereocenters. The van der Waals surface area contributed by atoms with Crippen LogP contribution in [0.3, 0.4) is 0 Å². The Morgan fingerprint density at radius 3 is 2.58 bits per heavy atom. The van der Waals surface area contributed by atoms with Gasteiger partial charge in [0.25, 0.3) is 0 Å². The first-order chi connectivity index (χ1) is 8.72. The predicted octanol–water partition coefficient (Wildman–Crippen LogP) is 1.81. The molecule has 2 aliphatic rings. The number of ether oxygens (including phenoxy) is 1. The number of hydrogen-bond donors (Lipinski definition) is 2. The van der Waals surface area contributed by atoms with E-state index in [9.17, 15) is 18.4 Å². The third kappa shape index (κ3) is 3.40. The van der Waals surface area contributed by atoms with Crippen LogP contribution in [0.2, 0.25) is 0 Å². The molecule has 0 radical (unpaired) electrons. The number of rotatable bonds is 5. The maximum atomic E-state index is 13.1. The lowest BCUT2D eigenvalue weighted by molar-refractivity contribution is -0.126. The molecule has 0 bridgehead atoms. The quantitative estimate of drug-likeness (QED) is 0.751. The summed E-state index contributed by atoms with van der Waals surface area (Å²) in [5, 5.41) is 10.9. The van der Waals surface area contributed by atoms with Crippen molar-refractivity contribution < 1.29 is 28.2 Å². The minimum Gasteiger partial charge on any atom is -0.465 e. The summed E-state index contributed by atoms with van der Waals surface area (Å²) in [6.07, 6.45) is -1.38. The topological polar surface area (TPSA) is 78.9 Å². The van der Waals surface area contributed by atoms with E-state index in [1.807, 2.05) is 0 Å². The van der Waals surface area contributed by atoms with Crippen molar-refractivity contribution in [3.05, 3.63) is 0 Å². The van der Waals surface area contributed by atoms with Gasteiger partial charge in [-0.25, -0.2) is 13.6 Å². The van der Waals surface area contributed by atoms with E-state index in [1.54, 1.807) is 6.92 Å². The standard InChI is InChI=1S/C12H17F2NO4/c1-11(6-19-11)9(16)8(15-10(17)18)4-7-2-3-12(13,14)5-7/h7-8,15H,2-6H2,1H3,(H,17,18)/t7-,8-,11+/m0/s1. The van der Waals surface area contributed by atoms with Gasteiger partial charge in [0, 0.05) is 12.8 Å². The van der Waals surface area contributed by atoms with Gasteiger partial charge in [0.1, 0.15) is 5.60 Å². The van der Waals surface area contributed by atoms with Gasteiger partial charge in [-0.05, 0) is 25.7 Å². The summed E-state index contributed by atoms with van der Waals surface area (Å²) in [6.45, 7) is 1.83. The number of hydrogen-bond acceptors (Lipinski definition) is 3. The first kappa shape index (κ1) is 14.2. The number of epoxide rings is 1. The summed E-state index contributed by atoms with van der Waals surface area (Å²) >= 11 is 0. The summed E-state index contributed by atoms with van der Waals surface area (Å²) in [6, 6.07) is -0.969. The van der Waals surface area contributed by atoms with Gasteiger partial charge in [-0.3, -0.25) is 4.79 Å². The Bertz CT molecular complexity index is 395. The minimum atomic E-state index is -2.69.